The Morgan fingerprint density at radius 2 is 2.26 bits per heavy atom. The summed E-state index contributed by atoms with van der Waals surface area (Å²) in [5.74, 6) is 0.0583. The summed E-state index contributed by atoms with van der Waals surface area (Å²) in [5, 5.41) is 0.586. The molecule has 2 fully saturated rings. The fraction of sp³-hybridized carbons (Fsp3) is 0.462. The molecular weight excluding hydrogens is 266 g/mol. The van der Waals surface area contributed by atoms with Gasteiger partial charge in [-0.1, -0.05) is 11.6 Å². The lowest BCUT2D eigenvalue weighted by Crippen LogP contribution is -2.56. The number of pyridine rings is 1. The van der Waals surface area contributed by atoms with E-state index < -0.39 is 0 Å². The van der Waals surface area contributed by atoms with Gasteiger partial charge in [-0.2, -0.15) is 0 Å². The smallest absolute Gasteiger partial charge is 0.246 e. The highest BCUT2D eigenvalue weighted by atomic mass is 35.5. The Morgan fingerprint density at radius 3 is 3.05 bits per heavy atom. The van der Waals surface area contributed by atoms with E-state index in [4.69, 9.17) is 11.6 Å². The van der Waals surface area contributed by atoms with Crippen molar-refractivity contribution in [3.8, 4) is 0 Å². The van der Waals surface area contributed by atoms with Crippen molar-refractivity contribution in [1.29, 1.82) is 0 Å². The van der Waals surface area contributed by atoms with Gasteiger partial charge in [-0.15, -0.1) is 0 Å². The number of piperazine rings is 1. The molecule has 0 N–H and O–H groups in total. The average molecular weight is 280 g/mol. The number of amides is 2. The summed E-state index contributed by atoms with van der Waals surface area (Å²) in [6.07, 6.45) is 3.28. The minimum atomic E-state index is -0.263. The molecule has 6 heteroatoms. The molecule has 0 aromatic carbocycles. The van der Waals surface area contributed by atoms with E-state index in [1.54, 1.807) is 28.1 Å². The summed E-state index contributed by atoms with van der Waals surface area (Å²) in [6, 6.07) is 3.15. The van der Waals surface area contributed by atoms with Crippen molar-refractivity contribution in [3.05, 3.63) is 29.0 Å². The number of nitrogens with zero attached hydrogens (tertiary/aromatic N) is 3. The lowest BCUT2D eigenvalue weighted by atomic mass is 10.1. The van der Waals surface area contributed by atoms with Crippen LogP contribution in [0.5, 0.6) is 0 Å². The molecule has 2 amide bonds. The van der Waals surface area contributed by atoms with Crippen LogP contribution in [0.4, 0.5) is 0 Å². The molecule has 100 valence electrons. The van der Waals surface area contributed by atoms with Gasteiger partial charge in [0.2, 0.25) is 11.8 Å². The van der Waals surface area contributed by atoms with Crippen LogP contribution in [-0.2, 0) is 16.1 Å². The van der Waals surface area contributed by atoms with E-state index in [1.807, 2.05) is 0 Å². The Morgan fingerprint density at radius 1 is 1.42 bits per heavy atom. The first-order chi connectivity index (χ1) is 9.15. The van der Waals surface area contributed by atoms with Crippen LogP contribution in [0.2, 0.25) is 5.02 Å². The van der Waals surface area contributed by atoms with Crippen LogP contribution in [-0.4, -0.2) is 45.7 Å². The monoisotopic (exact) mass is 279 g/mol. The quantitative estimate of drug-likeness (QED) is 0.814. The van der Waals surface area contributed by atoms with Gasteiger partial charge in [0.05, 0.1) is 12.2 Å². The zero-order valence-corrected chi connectivity index (χ0v) is 11.1. The lowest BCUT2D eigenvalue weighted by Gasteiger charge is -2.36. The Kier molecular flexibility index (Phi) is 3.14. The van der Waals surface area contributed by atoms with Gasteiger partial charge in [0, 0.05) is 17.8 Å². The molecule has 2 saturated heterocycles. The number of carbonyl (C=O) groups excluding carboxylic acids is 2. The Balaban J connectivity index is 1.78. The van der Waals surface area contributed by atoms with Crippen molar-refractivity contribution in [2.24, 2.45) is 0 Å². The van der Waals surface area contributed by atoms with Crippen LogP contribution in [0.3, 0.4) is 0 Å². The van der Waals surface area contributed by atoms with Crippen LogP contribution in [0.25, 0.3) is 0 Å². The molecule has 1 aromatic rings. The summed E-state index contributed by atoms with van der Waals surface area (Å²) < 4.78 is 0. The highest BCUT2D eigenvalue weighted by Crippen LogP contribution is 2.24. The van der Waals surface area contributed by atoms with Gasteiger partial charge in [-0.05, 0) is 25.0 Å². The third kappa shape index (κ3) is 2.30. The molecule has 0 saturated carbocycles. The van der Waals surface area contributed by atoms with Crippen molar-refractivity contribution < 1.29 is 9.59 Å². The molecule has 0 spiro atoms. The van der Waals surface area contributed by atoms with Crippen molar-refractivity contribution >= 4 is 23.4 Å². The highest BCUT2D eigenvalue weighted by molar-refractivity contribution is 6.30. The number of hydrogen-bond donors (Lipinski definition) is 0. The third-order valence-corrected chi connectivity index (χ3v) is 3.86. The molecule has 1 unspecified atom stereocenters. The molecule has 3 rings (SSSR count). The number of aromatic nitrogens is 1. The van der Waals surface area contributed by atoms with Gasteiger partial charge < -0.3 is 9.80 Å². The second-order valence-corrected chi connectivity index (χ2v) is 5.34. The fourth-order valence-corrected chi connectivity index (χ4v) is 2.91. The first kappa shape index (κ1) is 12.4. The topological polar surface area (TPSA) is 53.5 Å². The molecule has 5 nitrogen and oxygen atoms in total. The van der Waals surface area contributed by atoms with E-state index in [1.165, 1.54) is 0 Å². The van der Waals surface area contributed by atoms with Crippen molar-refractivity contribution in [2.45, 2.75) is 25.4 Å². The van der Waals surface area contributed by atoms with Crippen LogP contribution in [0.15, 0.2) is 18.3 Å². The van der Waals surface area contributed by atoms with Crippen molar-refractivity contribution in [1.82, 2.24) is 14.8 Å². The largest absolute Gasteiger partial charge is 0.329 e. The van der Waals surface area contributed by atoms with Gasteiger partial charge in [0.1, 0.15) is 12.6 Å². The zero-order chi connectivity index (χ0) is 13.4. The molecule has 0 radical (unpaired) electrons. The van der Waals surface area contributed by atoms with Crippen LogP contribution in [0, 0.1) is 0 Å². The average Bonchev–Trinajstić information content (AvgIpc) is 2.85. The molecule has 0 bridgehead atoms. The standard InChI is InChI=1S/C13H14ClN3O2/c14-9-3-4-15-10(6-9)7-16-8-12(18)17-5-1-2-11(17)13(16)19/h3-4,6,11H,1-2,5,7-8H2. The summed E-state index contributed by atoms with van der Waals surface area (Å²) in [7, 11) is 0. The van der Waals surface area contributed by atoms with E-state index in [0.717, 1.165) is 12.8 Å². The van der Waals surface area contributed by atoms with Crippen LogP contribution < -0.4 is 0 Å². The van der Waals surface area contributed by atoms with Crippen LogP contribution in [0.1, 0.15) is 18.5 Å². The first-order valence-corrected chi connectivity index (χ1v) is 6.71. The SMILES string of the molecule is O=C1C2CCCN2C(=O)CN1Cc1cc(Cl)ccn1. The van der Waals surface area contributed by atoms with E-state index in [9.17, 15) is 9.59 Å². The minimum absolute atomic E-state index is 0.0267. The van der Waals surface area contributed by atoms with E-state index >= 15 is 0 Å². The predicted molar refractivity (Wildman–Crippen MR) is 69.4 cm³/mol. The van der Waals surface area contributed by atoms with Gasteiger partial charge >= 0.3 is 0 Å². The molecule has 1 aromatic heterocycles. The molecule has 0 aliphatic carbocycles. The number of rotatable bonds is 2. The predicted octanol–water partition coefficient (Wildman–Crippen LogP) is 1.07. The molecule has 1 atom stereocenters. The van der Waals surface area contributed by atoms with Gasteiger partial charge in [0.15, 0.2) is 0 Å². The molecular formula is C13H14ClN3O2. The normalized spacial score (nSPS) is 22.9. The summed E-state index contributed by atoms with van der Waals surface area (Å²) in [5.41, 5.74) is 0.708. The maximum atomic E-state index is 12.3. The fourth-order valence-electron chi connectivity index (χ4n) is 2.73. The second-order valence-electron chi connectivity index (χ2n) is 4.90. The van der Waals surface area contributed by atoms with Crippen molar-refractivity contribution in [2.75, 3.05) is 13.1 Å². The molecule has 2 aliphatic heterocycles. The van der Waals surface area contributed by atoms with Gasteiger partial charge in [-0.3, -0.25) is 14.6 Å². The number of hydrogen-bond acceptors (Lipinski definition) is 3. The Hall–Kier alpha value is -1.62. The lowest BCUT2D eigenvalue weighted by molar-refractivity contribution is -0.154. The highest BCUT2D eigenvalue weighted by Gasteiger charge is 2.41. The number of halogens is 1. The summed E-state index contributed by atoms with van der Waals surface area (Å²) in [4.78, 5) is 31.7. The molecule has 3 heterocycles. The number of carbonyl (C=O) groups is 2. The molecule has 19 heavy (non-hydrogen) atoms. The second kappa shape index (κ2) is 4.81. The Labute approximate surface area is 116 Å². The summed E-state index contributed by atoms with van der Waals surface area (Å²) in [6.45, 7) is 1.19. The van der Waals surface area contributed by atoms with Gasteiger partial charge in [-0.25, -0.2) is 0 Å². The maximum Gasteiger partial charge on any atom is 0.246 e. The minimum Gasteiger partial charge on any atom is -0.329 e. The van der Waals surface area contributed by atoms with E-state index in [0.29, 0.717) is 23.8 Å². The van der Waals surface area contributed by atoms with Crippen LogP contribution >= 0.6 is 11.6 Å². The maximum absolute atomic E-state index is 12.3. The summed E-state index contributed by atoms with van der Waals surface area (Å²) >= 11 is 5.90. The van der Waals surface area contributed by atoms with Gasteiger partial charge in [0.25, 0.3) is 0 Å². The molecule has 2 aliphatic rings. The third-order valence-electron chi connectivity index (χ3n) is 3.63. The van der Waals surface area contributed by atoms with Crippen molar-refractivity contribution in [3.63, 3.8) is 0 Å². The zero-order valence-electron chi connectivity index (χ0n) is 10.4. The Bertz CT molecular complexity index is 534. The van der Waals surface area contributed by atoms with E-state index in [-0.39, 0.29) is 24.4 Å². The first-order valence-electron chi connectivity index (χ1n) is 6.34. The number of fused-ring (bicyclic) bond motifs is 1. The van der Waals surface area contributed by atoms with E-state index in [2.05, 4.69) is 4.98 Å².